The van der Waals surface area contributed by atoms with Crippen molar-refractivity contribution in [2.75, 3.05) is 11.9 Å². The lowest BCUT2D eigenvalue weighted by Gasteiger charge is -2.20. The maximum atomic E-state index is 12.1. The van der Waals surface area contributed by atoms with Crippen LogP contribution in [0, 0.1) is 5.92 Å². The van der Waals surface area contributed by atoms with Crippen molar-refractivity contribution in [3.8, 4) is 5.75 Å². The van der Waals surface area contributed by atoms with E-state index in [4.69, 9.17) is 4.74 Å². The number of carbonyl (C=O) groups excluding carboxylic acids is 1. The van der Waals surface area contributed by atoms with Gasteiger partial charge >= 0.3 is 0 Å². The van der Waals surface area contributed by atoms with Gasteiger partial charge in [-0.05, 0) is 42.9 Å². The Morgan fingerprint density at radius 3 is 2.69 bits per heavy atom. The third-order valence-electron chi connectivity index (χ3n) is 4.83. The van der Waals surface area contributed by atoms with Crippen molar-refractivity contribution in [3.63, 3.8) is 0 Å². The fourth-order valence-electron chi connectivity index (χ4n) is 3.31. The molecule has 1 N–H and O–H groups in total. The lowest BCUT2D eigenvalue weighted by atomic mass is 9.87. The van der Waals surface area contributed by atoms with Crippen LogP contribution in [0.25, 0.3) is 0 Å². The number of hydrogen-bond donors (Lipinski definition) is 1. The Labute approximate surface area is 159 Å². The molecule has 0 aliphatic heterocycles. The van der Waals surface area contributed by atoms with E-state index < -0.39 is 0 Å². The van der Waals surface area contributed by atoms with E-state index in [1.807, 2.05) is 12.1 Å². The minimum atomic E-state index is 0.0619. The van der Waals surface area contributed by atoms with Gasteiger partial charge in [0.05, 0.1) is 6.61 Å². The van der Waals surface area contributed by atoms with Crippen molar-refractivity contribution < 1.29 is 9.53 Å². The first kappa shape index (κ1) is 18.8. The fraction of sp³-hybridized carbons (Fsp3) is 0.550. The predicted octanol–water partition coefficient (Wildman–Crippen LogP) is 4.63. The van der Waals surface area contributed by atoms with E-state index in [0.29, 0.717) is 30.5 Å². The number of carbonyl (C=O) groups is 1. The Kier molecular flexibility index (Phi) is 7.00. The molecule has 1 aromatic heterocycles. The number of hydrogen-bond acceptors (Lipinski definition) is 5. The van der Waals surface area contributed by atoms with Crippen LogP contribution in [-0.4, -0.2) is 22.7 Å². The highest BCUT2D eigenvalue weighted by Crippen LogP contribution is 2.27. The van der Waals surface area contributed by atoms with Crippen molar-refractivity contribution in [3.05, 3.63) is 34.8 Å². The molecule has 1 amide bonds. The van der Waals surface area contributed by atoms with Gasteiger partial charge in [-0.15, -0.1) is 10.2 Å². The van der Waals surface area contributed by atoms with Crippen molar-refractivity contribution >= 4 is 22.4 Å². The minimum absolute atomic E-state index is 0.0619. The van der Waals surface area contributed by atoms with Crippen molar-refractivity contribution in [1.82, 2.24) is 10.2 Å². The molecule has 0 radical (unpaired) electrons. The zero-order valence-electron chi connectivity index (χ0n) is 15.4. The van der Waals surface area contributed by atoms with Gasteiger partial charge in [0.2, 0.25) is 11.0 Å². The maximum absolute atomic E-state index is 12.1. The second-order valence-corrected chi connectivity index (χ2v) is 7.92. The van der Waals surface area contributed by atoms with Crippen LogP contribution in [-0.2, 0) is 17.6 Å². The summed E-state index contributed by atoms with van der Waals surface area (Å²) < 4.78 is 5.75. The second-order valence-electron chi connectivity index (χ2n) is 6.85. The molecule has 0 spiro atoms. The van der Waals surface area contributed by atoms with E-state index in [9.17, 15) is 4.79 Å². The molecule has 1 aliphatic carbocycles. The highest BCUT2D eigenvalue weighted by atomic mass is 32.1. The van der Waals surface area contributed by atoms with Crippen LogP contribution in [0.2, 0.25) is 0 Å². The Morgan fingerprint density at radius 2 is 1.96 bits per heavy atom. The summed E-state index contributed by atoms with van der Waals surface area (Å²) in [6.07, 6.45) is 8.47. The van der Waals surface area contributed by atoms with Crippen LogP contribution in [0.1, 0.15) is 56.0 Å². The number of anilines is 1. The number of nitrogens with zero attached hydrogens (tertiary/aromatic N) is 2. The first-order valence-corrected chi connectivity index (χ1v) is 10.4. The number of aryl methyl sites for hydroxylation is 1. The largest absolute Gasteiger partial charge is 0.493 e. The molecule has 2 aromatic rings. The normalized spacial score (nSPS) is 15.0. The lowest BCUT2D eigenvalue weighted by Crippen LogP contribution is -2.18. The molecule has 140 valence electrons. The summed E-state index contributed by atoms with van der Waals surface area (Å²) in [5.41, 5.74) is 1.30. The van der Waals surface area contributed by atoms with E-state index >= 15 is 0 Å². The molecule has 3 rings (SSSR count). The third-order valence-corrected chi connectivity index (χ3v) is 5.73. The Balaban J connectivity index is 1.40. The summed E-state index contributed by atoms with van der Waals surface area (Å²) in [4.78, 5) is 12.1. The number of aromatic nitrogens is 2. The summed E-state index contributed by atoms with van der Waals surface area (Å²) in [6.45, 7) is 2.69. The maximum Gasteiger partial charge on any atom is 0.226 e. The Bertz CT molecular complexity index is 693. The first-order valence-electron chi connectivity index (χ1n) is 9.57. The standard InChI is InChI=1S/C20H27N3O2S/c1-2-15-8-10-17(11-9-15)25-13-12-19-22-23-20(26-19)21-18(24)14-16-6-4-3-5-7-16/h8-11,16H,2-7,12-14H2,1H3,(H,21,23,24). The average molecular weight is 374 g/mol. The molecule has 1 heterocycles. The second kappa shape index (κ2) is 9.67. The SMILES string of the molecule is CCc1ccc(OCCc2nnc(NC(=O)CC3CCCCC3)s2)cc1. The van der Waals surface area contributed by atoms with E-state index in [2.05, 4.69) is 34.6 Å². The quantitative estimate of drug-likeness (QED) is 0.733. The molecule has 0 saturated heterocycles. The molecule has 1 saturated carbocycles. The molecule has 5 nitrogen and oxygen atoms in total. The number of benzene rings is 1. The van der Waals surface area contributed by atoms with E-state index in [0.717, 1.165) is 17.2 Å². The van der Waals surface area contributed by atoms with Gasteiger partial charge in [-0.3, -0.25) is 4.79 Å². The molecule has 0 bridgehead atoms. The third kappa shape index (κ3) is 5.80. The molecular formula is C20H27N3O2S. The Hall–Kier alpha value is -1.95. The van der Waals surface area contributed by atoms with Crippen LogP contribution in [0.5, 0.6) is 5.75 Å². The average Bonchev–Trinajstić information content (AvgIpc) is 3.10. The van der Waals surface area contributed by atoms with Crippen LogP contribution < -0.4 is 10.1 Å². The molecule has 0 unspecified atom stereocenters. The van der Waals surface area contributed by atoms with Crippen molar-refractivity contribution in [2.24, 2.45) is 5.92 Å². The number of nitrogens with one attached hydrogen (secondary N) is 1. The summed E-state index contributed by atoms with van der Waals surface area (Å²) >= 11 is 1.43. The molecule has 26 heavy (non-hydrogen) atoms. The summed E-state index contributed by atoms with van der Waals surface area (Å²) in [6, 6.07) is 8.16. The first-order chi connectivity index (χ1) is 12.7. The highest BCUT2D eigenvalue weighted by Gasteiger charge is 2.18. The minimum Gasteiger partial charge on any atom is -0.493 e. The molecule has 1 fully saturated rings. The predicted molar refractivity (Wildman–Crippen MR) is 105 cm³/mol. The van der Waals surface area contributed by atoms with Crippen molar-refractivity contribution in [1.29, 1.82) is 0 Å². The monoisotopic (exact) mass is 373 g/mol. The van der Waals surface area contributed by atoms with Gasteiger partial charge in [0, 0.05) is 12.8 Å². The van der Waals surface area contributed by atoms with Crippen molar-refractivity contribution in [2.45, 2.75) is 58.3 Å². The zero-order chi connectivity index (χ0) is 18.2. The van der Waals surface area contributed by atoms with Crippen LogP contribution in [0.3, 0.4) is 0 Å². The molecule has 6 heteroatoms. The molecule has 1 aromatic carbocycles. The zero-order valence-corrected chi connectivity index (χ0v) is 16.2. The topological polar surface area (TPSA) is 64.1 Å². The summed E-state index contributed by atoms with van der Waals surface area (Å²) in [5.74, 6) is 1.46. The number of rotatable bonds is 8. The lowest BCUT2D eigenvalue weighted by molar-refractivity contribution is -0.117. The smallest absolute Gasteiger partial charge is 0.226 e. The van der Waals surface area contributed by atoms with Crippen LogP contribution >= 0.6 is 11.3 Å². The van der Waals surface area contributed by atoms with Gasteiger partial charge < -0.3 is 10.1 Å². The molecule has 0 atom stereocenters. The van der Waals surface area contributed by atoms with Gasteiger partial charge in [-0.25, -0.2) is 0 Å². The van der Waals surface area contributed by atoms with Crippen LogP contribution in [0.15, 0.2) is 24.3 Å². The van der Waals surface area contributed by atoms with E-state index in [-0.39, 0.29) is 5.91 Å². The van der Waals surface area contributed by atoms with Crippen LogP contribution in [0.4, 0.5) is 5.13 Å². The summed E-state index contributed by atoms with van der Waals surface area (Å²) in [7, 11) is 0. The molecular weight excluding hydrogens is 346 g/mol. The fourth-order valence-corrected chi connectivity index (χ4v) is 4.04. The van der Waals surface area contributed by atoms with Gasteiger partial charge in [0.15, 0.2) is 0 Å². The van der Waals surface area contributed by atoms with E-state index in [1.165, 1.54) is 49.0 Å². The van der Waals surface area contributed by atoms with Gasteiger partial charge in [0.25, 0.3) is 0 Å². The van der Waals surface area contributed by atoms with Gasteiger partial charge in [0.1, 0.15) is 10.8 Å². The number of amides is 1. The number of ether oxygens (including phenoxy) is 1. The van der Waals surface area contributed by atoms with Gasteiger partial charge in [-0.2, -0.15) is 0 Å². The summed E-state index contributed by atoms with van der Waals surface area (Å²) in [5, 5.41) is 12.6. The Morgan fingerprint density at radius 1 is 1.19 bits per heavy atom. The molecule has 1 aliphatic rings. The van der Waals surface area contributed by atoms with E-state index in [1.54, 1.807) is 0 Å². The van der Waals surface area contributed by atoms with Gasteiger partial charge in [-0.1, -0.05) is 49.7 Å². The highest BCUT2D eigenvalue weighted by molar-refractivity contribution is 7.15.